The van der Waals surface area contributed by atoms with Gasteiger partial charge in [0.25, 0.3) is 0 Å². The molecule has 2 bridgehead atoms. The fourth-order valence-corrected chi connectivity index (χ4v) is 2.50. The van der Waals surface area contributed by atoms with Crippen LogP contribution in [0.15, 0.2) is 24.5 Å². The monoisotopic (exact) mass is 175 g/mol. The largest absolute Gasteiger partial charge is 0.374 e. The Morgan fingerprint density at radius 1 is 1.31 bits per heavy atom. The van der Waals surface area contributed by atoms with Gasteiger partial charge in [0.15, 0.2) is 0 Å². The molecule has 0 radical (unpaired) electrons. The molecule has 68 valence electrons. The van der Waals surface area contributed by atoms with Crippen molar-refractivity contribution in [3.8, 4) is 0 Å². The van der Waals surface area contributed by atoms with E-state index in [1.165, 1.54) is 17.5 Å². The third-order valence-corrected chi connectivity index (χ3v) is 3.22. The highest BCUT2D eigenvalue weighted by Gasteiger charge is 2.34. The molecular weight excluding hydrogens is 162 g/mol. The van der Waals surface area contributed by atoms with Crippen molar-refractivity contribution in [3.63, 3.8) is 0 Å². The lowest BCUT2D eigenvalue weighted by Gasteiger charge is -2.06. The number of hydrogen-bond acceptors (Lipinski definition) is 1. The van der Waals surface area contributed by atoms with Crippen LogP contribution in [-0.2, 0) is 0 Å². The van der Waals surface area contributed by atoms with Crippen LogP contribution in [0.4, 0.5) is 0 Å². The number of fused-ring (bicyclic) bond motifs is 5. The Labute approximate surface area is 77.5 Å². The second-order valence-electron chi connectivity index (χ2n) is 4.08. The maximum absolute atomic E-state index is 9.42. The molecule has 2 aliphatic rings. The van der Waals surface area contributed by atoms with Crippen LogP contribution >= 0.6 is 0 Å². The van der Waals surface area contributed by atoms with Gasteiger partial charge in [0, 0.05) is 24.2 Å². The maximum Gasteiger partial charge on any atom is 0.127 e. The number of allylic oxidation sites excluding steroid dienone is 2. The Balaban J connectivity index is 2.09. The molecule has 2 heteroatoms. The number of aromatic nitrogens is 1. The summed E-state index contributed by atoms with van der Waals surface area (Å²) in [6.45, 7) is 1.80. The van der Waals surface area contributed by atoms with E-state index in [0.29, 0.717) is 11.8 Å². The van der Waals surface area contributed by atoms with Crippen molar-refractivity contribution in [2.24, 2.45) is 0 Å². The Bertz CT molecular complexity index is 346. The van der Waals surface area contributed by atoms with Crippen LogP contribution in [0.5, 0.6) is 0 Å². The van der Waals surface area contributed by atoms with Gasteiger partial charge in [-0.1, -0.05) is 12.2 Å². The van der Waals surface area contributed by atoms with E-state index in [-0.39, 0.29) is 0 Å². The van der Waals surface area contributed by atoms with Crippen LogP contribution in [0, 0.1) is 0 Å². The van der Waals surface area contributed by atoms with E-state index in [9.17, 15) is 5.11 Å². The second-order valence-corrected chi connectivity index (χ2v) is 4.08. The van der Waals surface area contributed by atoms with Crippen molar-refractivity contribution in [3.05, 3.63) is 35.7 Å². The Hall–Kier alpha value is -1.02. The molecule has 0 aliphatic heterocycles. The molecule has 1 heterocycles. The third kappa shape index (κ3) is 0.866. The first kappa shape index (κ1) is 7.39. The minimum absolute atomic E-state index is 0.398. The zero-order valence-corrected chi connectivity index (χ0v) is 7.64. The molecular formula is C11H13NO. The number of hydrogen-bond donors (Lipinski definition) is 1. The zero-order valence-electron chi connectivity index (χ0n) is 7.64. The molecule has 0 spiro atoms. The molecule has 0 fully saturated rings. The smallest absolute Gasteiger partial charge is 0.127 e. The first-order valence-corrected chi connectivity index (χ1v) is 4.83. The van der Waals surface area contributed by atoms with E-state index in [0.717, 1.165) is 0 Å². The van der Waals surface area contributed by atoms with Crippen LogP contribution in [0.3, 0.4) is 0 Å². The average molecular weight is 175 g/mol. The van der Waals surface area contributed by atoms with Crippen LogP contribution in [0.1, 0.15) is 42.5 Å². The molecule has 2 nitrogen and oxygen atoms in total. The fourth-order valence-electron chi connectivity index (χ4n) is 2.50. The van der Waals surface area contributed by atoms with Gasteiger partial charge >= 0.3 is 0 Å². The summed E-state index contributed by atoms with van der Waals surface area (Å²) in [5.41, 5.74) is 2.85. The molecule has 0 saturated heterocycles. The van der Waals surface area contributed by atoms with Gasteiger partial charge in [-0.2, -0.15) is 0 Å². The van der Waals surface area contributed by atoms with Crippen LogP contribution in [-0.4, -0.2) is 9.67 Å². The molecule has 3 atom stereocenters. The highest BCUT2D eigenvalue weighted by molar-refractivity contribution is 5.46. The minimum Gasteiger partial charge on any atom is -0.374 e. The van der Waals surface area contributed by atoms with E-state index in [1.807, 2.05) is 4.57 Å². The lowest BCUT2D eigenvalue weighted by molar-refractivity contribution is 0.124. The molecule has 1 aromatic heterocycles. The van der Waals surface area contributed by atoms with Gasteiger partial charge in [-0.05, 0) is 24.5 Å². The van der Waals surface area contributed by atoms with Crippen molar-refractivity contribution in [1.82, 2.24) is 4.57 Å². The number of rotatable bonds is 1. The van der Waals surface area contributed by atoms with Crippen LogP contribution in [0.2, 0.25) is 0 Å². The molecule has 3 rings (SSSR count). The van der Waals surface area contributed by atoms with Gasteiger partial charge in [0.1, 0.15) is 6.23 Å². The van der Waals surface area contributed by atoms with Gasteiger partial charge in [-0.3, -0.25) is 0 Å². The zero-order chi connectivity index (χ0) is 9.00. The van der Waals surface area contributed by atoms with Crippen molar-refractivity contribution in [2.45, 2.75) is 31.4 Å². The molecule has 0 saturated carbocycles. The predicted octanol–water partition coefficient (Wildman–Crippen LogP) is 2.14. The van der Waals surface area contributed by atoms with E-state index in [4.69, 9.17) is 0 Å². The van der Waals surface area contributed by atoms with Crippen LogP contribution < -0.4 is 0 Å². The van der Waals surface area contributed by atoms with Crippen LogP contribution in [0.25, 0.3) is 0 Å². The molecule has 1 aromatic rings. The van der Waals surface area contributed by atoms with Crippen molar-refractivity contribution in [1.29, 1.82) is 0 Å². The van der Waals surface area contributed by atoms with E-state index in [1.54, 1.807) is 6.92 Å². The lowest BCUT2D eigenvalue weighted by Crippen LogP contribution is -2.00. The molecule has 3 unspecified atom stereocenters. The topological polar surface area (TPSA) is 25.2 Å². The van der Waals surface area contributed by atoms with Crippen molar-refractivity contribution >= 4 is 0 Å². The van der Waals surface area contributed by atoms with Crippen molar-refractivity contribution in [2.75, 3.05) is 0 Å². The standard InChI is InChI=1S/C11H13NO/c1-7(13)12-5-10-8-2-3-9(4-8)11(10)6-12/h2-3,5-9,13H,4H2,1H3. The highest BCUT2D eigenvalue weighted by Crippen LogP contribution is 2.48. The van der Waals surface area contributed by atoms with E-state index >= 15 is 0 Å². The molecule has 1 N–H and O–H groups in total. The van der Waals surface area contributed by atoms with Gasteiger partial charge in [0.05, 0.1) is 0 Å². The summed E-state index contributed by atoms with van der Waals surface area (Å²) < 4.78 is 1.90. The molecule has 2 aliphatic carbocycles. The predicted molar refractivity (Wildman–Crippen MR) is 50.6 cm³/mol. The van der Waals surface area contributed by atoms with Gasteiger partial charge < -0.3 is 9.67 Å². The molecule has 0 amide bonds. The van der Waals surface area contributed by atoms with Gasteiger partial charge in [-0.15, -0.1) is 0 Å². The average Bonchev–Trinajstić information content (AvgIpc) is 2.76. The number of aliphatic hydroxyl groups excluding tert-OH is 1. The maximum atomic E-state index is 9.42. The summed E-state index contributed by atoms with van der Waals surface area (Å²) in [6.07, 6.45) is 9.62. The number of nitrogens with zero attached hydrogens (tertiary/aromatic N) is 1. The quantitative estimate of drug-likeness (QED) is 0.650. The fraction of sp³-hybridized carbons (Fsp3) is 0.455. The van der Waals surface area contributed by atoms with E-state index in [2.05, 4.69) is 24.5 Å². The Kier molecular flexibility index (Phi) is 1.29. The summed E-state index contributed by atoms with van der Waals surface area (Å²) >= 11 is 0. The van der Waals surface area contributed by atoms with Gasteiger partial charge in [-0.25, -0.2) is 0 Å². The molecule has 13 heavy (non-hydrogen) atoms. The summed E-state index contributed by atoms with van der Waals surface area (Å²) in [5.74, 6) is 1.25. The highest BCUT2D eigenvalue weighted by atomic mass is 16.3. The third-order valence-electron chi connectivity index (χ3n) is 3.22. The summed E-state index contributed by atoms with van der Waals surface area (Å²) in [5, 5.41) is 9.42. The minimum atomic E-state index is -0.398. The van der Waals surface area contributed by atoms with Crippen molar-refractivity contribution < 1.29 is 5.11 Å². The second kappa shape index (κ2) is 2.26. The normalized spacial score (nSPS) is 30.9. The Morgan fingerprint density at radius 3 is 2.31 bits per heavy atom. The molecule has 0 aromatic carbocycles. The van der Waals surface area contributed by atoms with Gasteiger partial charge in [0.2, 0.25) is 0 Å². The summed E-state index contributed by atoms with van der Waals surface area (Å²) in [7, 11) is 0. The first-order valence-electron chi connectivity index (χ1n) is 4.83. The summed E-state index contributed by atoms with van der Waals surface area (Å²) in [4.78, 5) is 0. The lowest BCUT2D eigenvalue weighted by atomic mass is 10.0. The Morgan fingerprint density at radius 2 is 1.85 bits per heavy atom. The number of aliphatic hydroxyl groups is 1. The summed E-state index contributed by atoms with van der Waals surface area (Å²) in [6, 6.07) is 0. The SMILES string of the molecule is CC(O)n1cc2c(c1)C1C=CC2C1. The van der Waals surface area contributed by atoms with E-state index < -0.39 is 6.23 Å². The first-order chi connectivity index (χ1) is 6.25.